The third-order valence-electron chi connectivity index (χ3n) is 4.31. The van der Waals surface area contributed by atoms with Crippen LogP contribution < -0.4 is 5.32 Å². The number of carbonyl (C=O) groups excluding carboxylic acids is 2. The molecule has 1 aliphatic heterocycles. The van der Waals surface area contributed by atoms with E-state index < -0.39 is 0 Å². The van der Waals surface area contributed by atoms with E-state index in [-0.39, 0.29) is 24.2 Å². The molecule has 0 saturated carbocycles. The number of likely N-dealkylation sites (tertiary alicyclic amines) is 1. The summed E-state index contributed by atoms with van der Waals surface area (Å²) in [7, 11) is 0. The Labute approximate surface area is 152 Å². The molecule has 1 aromatic heterocycles. The molecule has 1 unspecified atom stereocenters. The summed E-state index contributed by atoms with van der Waals surface area (Å²) in [6, 6.07) is 11.3. The summed E-state index contributed by atoms with van der Waals surface area (Å²) in [6.07, 6.45) is 4.45. The van der Waals surface area contributed by atoms with Crippen LogP contribution in [0, 0.1) is 5.92 Å². The van der Waals surface area contributed by atoms with Gasteiger partial charge < -0.3 is 10.2 Å². The molecule has 1 aliphatic rings. The normalized spacial score (nSPS) is 16.9. The van der Waals surface area contributed by atoms with Gasteiger partial charge in [-0.15, -0.1) is 0 Å². The van der Waals surface area contributed by atoms with Crippen molar-refractivity contribution >= 4 is 23.4 Å². The standard InChI is InChI=1S/C19H20ClN3O2/c20-17-5-3-14(4-6-17)7-9-22-19(25)16-10-18(24)23(13-16)12-15-2-1-8-21-11-15/h1-6,8,11,16H,7,9-10,12-13H2,(H,22,25). The second kappa shape index (κ2) is 8.12. The molecule has 130 valence electrons. The van der Waals surface area contributed by atoms with Crippen LogP contribution in [0.3, 0.4) is 0 Å². The van der Waals surface area contributed by atoms with E-state index in [1.165, 1.54) is 0 Å². The van der Waals surface area contributed by atoms with Crippen molar-refractivity contribution in [1.82, 2.24) is 15.2 Å². The van der Waals surface area contributed by atoms with Gasteiger partial charge in [0.05, 0.1) is 5.92 Å². The van der Waals surface area contributed by atoms with E-state index in [0.717, 1.165) is 17.5 Å². The van der Waals surface area contributed by atoms with Crippen LogP contribution in [0.1, 0.15) is 17.5 Å². The smallest absolute Gasteiger partial charge is 0.225 e. The average Bonchev–Trinajstić information content (AvgIpc) is 2.98. The van der Waals surface area contributed by atoms with Crippen LogP contribution in [0.15, 0.2) is 48.8 Å². The Hall–Kier alpha value is -2.40. The zero-order valence-corrected chi connectivity index (χ0v) is 14.6. The number of benzene rings is 1. The summed E-state index contributed by atoms with van der Waals surface area (Å²) >= 11 is 5.86. The predicted octanol–water partition coefficient (Wildman–Crippen LogP) is 2.44. The lowest BCUT2D eigenvalue weighted by atomic mass is 10.1. The maximum atomic E-state index is 12.3. The van der Waals surface area contributed by atoms with Gasteiger partial charge in [0.15, 0.2) is 0 Å². The molecule has 25 heavy (non-hydrogen) atoms. The molecule has 6 heteroatoms. The van der Waals surface area contributed by atoms with Crippen molar-refractivity contribution in [1.29, 1.82) is 0 Å². The van der Waals surface area contributed by atoms with Crippen molar-refractivity contribution in [2.75, 3.05) is 13.1 Å². The molecule has 1 fully saturated rings. The minimum absolute atomic E-state index is 0.0155. The minimum Gasteiger partial charge on any atom is -0.355 e. The third-order valence-corrected chi connectivity index (χ3v) is 4.56. The van der Waals surface area contributed by atoms with Gasteiger partial charge in [-0.1, -0.05) is 29.8 Å². The molecular weight excluding hydrogens is 338 g/mol. The number of pyridine rings is 1. The highest BCUT2D eigenvalue weighted by Crippen LogP contribution is 2.20. The zero-order valence-electron chi connectivity index (χ0n) is 13.8. The number of carbonyl (C=O) groups is 2. The summed E-state index contributed by atoms with van der Waals surface area (Å²) < 4.78 is 0. The van der Waals surface area contributed by atoms with Gasteiger partial charge in [-0.05, 0) is 35.7 Å². The van der Waals surface area contributed by atoms with Crippen molar-refractivity contribution in [3.05, 3.63) is 64.9 Å². The van der Waals surface area contributed by atoms with Crippen LogP contribution in [-0.2, 0) is 22.6 Å². The zero-order chi connectivity index (χ0) is 17.6. The first-order valence-corrected chi connectivity index (χ1v) is 8.68. The lowest BCUT2D eigenvalue weighted by Crippen LogP contribution is -2.34. The van der Waals surface area contributed by atoms with Crippen LogP contribution in [0.2, 0.25) is 5.02 Å². The lowest BCUT2D eigenvalue weighted by Gasteiger charge is -2.16. The van der Waals surface area contributed by atoms with Crippen LogP contribution in [0.4, 0.5) is 0 Å². The number of hydrogen-bond acceptors (Lipinski definition) is 3. The van der Waals surface area contributed by atoms with E-state index >= 15 is 0 Å². The van der Waals surface area contributed by atoms with Crippen LogP contribution in [0.5, 0.6) is 0 Å². The lowest BCUT2D eigenvalue weighted by molar-refractivity contribution is -0.129. The Kier molecular flexibility index (Phi) is 5.66. The Balaban J connectivity index is 1.46. The Morgan fingerprint density at radius 1 is 1.24 bits per heavy atom. The molecule has 5 nitrogen and oxygen atoms in total. The maximum absolute atomic E-state index is 12.3. The van der Waals surface area contributed by atoms with E-state index in [0.29, 0.717) is 24.7 Å². The van der Waals surface area contributed by atoms with Crippen molar-refractivity contribution in [2.45, 2.75) is 19.4 Å². The van der Waals surface area contributed by atoms with Gasteiger partial charge in [-0.3, -0.25) is 14.6 Å². The third kappa shape index (κ3) is 4.79. The first-order valence-electron chi connectivity index (χ1n) is 8.30. The molecule has 1 saturated heterocycles. The molecule has 1 aromatic carbocycles. The number of nitrogens with one attached hydrogen (secondary N) is 1. The highest BCUT2D eigenvalue weighted by Gasteiger charge is 2.33. The number of hydrogen-bond donors (Lipinski definition) is 1. The monoisotopic (exact) mass is 357 g/mol. The fraction of sp³-hybridized carbons (Fsp3) is 0.316. The quantitative estimate of drug-likeness (QED) is 0.863. The van der Waals surface area contributed by atoms with Crippen molar-refractivity contribution in [3.8, 4) is 0 Å². The van der Waals surface area contributed by atoms with Gasteiger partial charge in [0.25, 0.3) is 0 Å². The largest absolute Gasteiger partial charge is 0.355 e. The molecular formula is C19H20ClN3O2. The Morgan fingerprint density at radius 2 is 2.04 bits per heavy atom. The van der Waals surface area contributed by atoms with Gasteiger partial charge in [-0.25, -0.2) is 0 Å². The van der Waals surface area contributed by atoms with Gasteiger partial charge in [-0.2, -0.15) is 0 Å². The molecule has 1 N–H and O–H groups in total. The fourth-order valence-electron chi connectivity index (χ4n) is 2.94. The van der Waals surface area contributed by atoms with Gasteiger partial charge in [0, 0.05) is 43.5 Å². The topological polar surface area (TPSA) is 62.3 Å². The number of rotatable bonds is 6. The molecule has 0 bridgehead atoms. The first kappa shape index (κ1) is 17.4. The summed E-state index contributed by atoms with van der Waals surface area (Å²) in [5.41, 5.74) is 2.09. The van der Waals surface area contributed by atoms with Crippen molar-refractivity contribution in [2.24, 2.45) is 5.92 Å². The highest BCUT2D eigenvalue weighted by atomic mass is 35.5. The van der Waals surface area contributed by atoms with E-state index in [4.69, 9.17) is 11.6 Å². The summed E-state index contributed by atoms with van der Waals surface area (Å²) in [6.45, 7) is 1.51. The Bertz CT molecular complexity index is 734. The molecule has 3 rings (SSSR count). The molecule has 0 radical (unpaired) electrons. The van der Waals surface area contributed by atoms with E-state index in [1.54, 1.807) is 17.3 Å². The molecule has 1 atom stereocenters. The molecule has 2 heterocycles. The number of halogens is 1. The molecule has 0 spiro atoms. The molecule has 2 aromatic rings. The maximum Gasteiger partial charge on any atom is 0.225 e. The Morgan fingerprint density at radius 3 is 2.76 bits per heavy atom. The number of amides is 2. The van der Waals surface area contributed by atoms with E-state index in [1.807, 2.05) is 36.4 Å². The highest BCUT2D eigenvalue weighted by molar-refractivity contribution is 6.30. The average molecular weight is 358 g/mol. The van der Waals surface area contributed by atoms with Crippen molar-refractivity contribution < 1.29 is 9.59 Å². The summed E-state index contributed by atoms with van der Waals surface area (Å²) in [5, 5.41) is 3.63. The molecule has 2 amide bonds. The van der Waals surface area contributed by atoms with Crippen LogP contribution in [-0.4, -0.2) is 34.8 Å². The van der Waals surface area contributed by atoms with Crippen LogP contribution >= 0.6 is 11.6 Å². The summed E-state index contributed by atoms with van der Waals surface area (Å²) in [4.78, 5) is 30.2. The first-order chi connectivity index (χ1) is 12.1. The number of aromatic nitrogens is 1. The molecule has 0 aliphatic carbocycles. The van der Waals surface area contributed by atoms with Gasteiger partial charge in [0.1, 0.15) is 0 Å². The number of nitrogens with zero attached hydrogens (tertiary/aromatic N) is 2. The SMILES string of the molecule is O=C(NCCc1ccc(Cl)cc1)C1CC(=O)N(Cc2cccnc2)C1. The van der Waals surface area contributed by atoms with Crippen LogP contribution in [0.25, 0.3) is 0 Å². The fourth-order valence-corrected chi connectivity index (χ4v) is 3.06. The second-order valence-corrected chi connectivity index (χ2v) is 6.64. The predicted molar refractivity (Wildman–Crippen MR) is 95.9 cm³/mol. The second-order valence-electron chi connectivity index (χ2n) is 6.20. The van der Waals surface area contributed by atoms with Gasteiger partial charge in [0.2, 0.25) is 11.8 Å². The van der Waals surface area contributed by atoms with Crippen molar-refractivity contribution in [3.63, 3.8) is 0 Å². The minimum atomic E-state index is -0.283. The van der Waals surface area contributed by atoms with E-state index in [2.05, 4.69) is 10.3 Å². The summed E-state index contributed by atoms with van der Waals surface area (Å²) in [5.74, 6) is -0.327. The van der Waals surface area contributed by atoms with E-state index in [9.17, 15) is 9.59 Å². The van der Waals surface area contributed by atoms with Gasteiger partial charge >= 0.3 is 0 Å².